The van der Waals surface area contributed by atoms with Crippen LogP contribution in [-0.4, -0.2) is 24.4 Å². The van der Waals surface area contributed by atoms with Gasteiger partial charge in [0.15, 0.2) is 0 Å². The highest BCUT2D eigenvalue weighted by molar-refractivity contribution is 7.20. The standard InChI is InChI=1S/C17H22N2OS/c1-19(11-12-5-3-2-4-6-12)17(20)16-10-13-9-14(18)7-8-15(13)21-16/h7-10,12H,2-6,11,18H2,1H3. The Morgan fingerprint density at radius 2 is 2.05 bits per heavy atom. The predicted octanol–water partition coefficient (Wildman–Crippen LogP) is 4.14. The van der Waals surface area contributed by atoms with E-state index in [1.54, 1.807) is 11.3 Å². The SMILES string of the molecule is CN(CC1CCCCC1)C(=O)c1cc2cc(N)ccc2s1. The smallest absolute Gasteiger partial charge is 0.263 e. The van der Waals surface area contributed by atoms with Crippen LogP contribution in [-0.2, 0) is 0 Å². The molecule has 21 heavy (non-hydrogen) atoms. The molecule has 4 heteroatoms. The number of fused-ring (bicyclic) bond motifs is 1. The Balaban J connectivity index is 1.72. The summed E-state index contributed by atoms with van der Waals surface area (Å²) in [6.07, 6.45) is 6.51. The third kappa shape index (κ3) is 3.21. The lowest BCUT2D eigenvalue weighted by Crippen LogP contribution is -2.32. The summed E-state index contributed by atoms with van der Waals surface area (Å²) in [4.78, 5) is 15.3. The maximum atomic E-state index is 12.6. The summed E-state index contributed by atoms with van der Waals surface area (Å²) in [5.41, 5.74) is 6.55. The normalized spacial score (nSPS) is 16.2. The van der Waals surface area contributed by atoms with Crippen molar-refractivity contribution in [3.05, 3.63) is 29.1 Å². The van der Waals surface area contributed by atoms with Gasteiger partial charge in [-0.25, -0.2) is 0 Å². The summed E-state index contributed by atoms with van der Waals surface area (Å²) in [6, 6.07) is 7.78. The highest BCUT2D eigenvalue weighted by Gasteiger charge is 2.20. The molecule has 1 aromatic heterocycles. The van der Waals surface area contributed by atoms with E-state index in [1.807, 2.05) is 36.2 Å². The Morgan fingerprint density at radius 1 is 1.29 bits per heavy atom. The minimum Gasteiger partial charge on any atom is -0.399 e. The lowest BCUT2D eigenvalue weighted by molar-refractivity contribution is 0.0765. The van der Waals surface area contributed by atoms with Crippen molar-refractivity contribution in [2.24, 2.45) is 5.92 Å². The number of amides is 1. The molecule has 0 unspecified atom stereocenters. The molecule has 2 aromatic rings. The lowest BCUT2D eigenvalue weighted by atomic mass is 9.89. The zero-order valence-electron chi connectivity index (χ0n) is 12.5. The zero-order valence-corrected chi connectivity index (χ0v) is 13.3. The molecule has 1 heterocycles. The fourth-order valence-electron chi connectivity index (χ4n) is 3.20. The molecule has 1 aromatic carbocycles. The number of benzene rings is 1. The number of hydrogen-bond acceptors (Lipinski definition) is 3. The van der Waals surface area contributed by atoms with Crippen LogP contribution in [0.15, 0.2) is 24.3 Å². The molecule has 0 saturated heterocycles. The van der Waals surface area contributed by atoms with Gasteiger partial charge in [0.25, 0.3) is 5.91 Å². The molecule has 1 fully saturated rings. The summed E-state index contributed by atoms with van der Waals surface area (Å²) in [5.74, 6) is 0.818. The maximum absolute atomic E-state index is 12.6. The maximum Gasteiger partial charge on any atom is 0.263 e. The molecule has 1 saturated carbocycles. The number of hydrogen-bond donors (Lipinski definition) is 1. The van der Waals surface area contributed by atoms with E-state index in [4.69, 9.17) is 5.73 Å². The number of nitrogen functional groups attached to an aromatic ring is 1. The number of anilines is 1. The third-order valence-electron chi connectivity index (χ3n) is 4.35. The predicted molar refractivity (Wildman–Crippen MR) is 89.8 cm³/mol. The second-order valence-electron chi connectivity index (χ2n) is 6.10. The molecule has 112 valence electrons. The number of nitrogens with zero attached hydrogens (tertiary/aromatic N) is 1. The summed E-state index contributed by atoms with van der Waals surface area (Å²) in [6.45, 7) is 0.884. The molecular weight excluding hydrogens is 280 g/mol. The first-order valence-electron chi connectivity index (χ1n) is 7.68. The van der Waals surface area contributed by atoms with E-state index in [9.17, 15) is 4.79 Å². The van der Waals surface area contributed by atoms with Gasteiger partial charge in [-0.15, -0.1) is 11.3 Å². The van der Waals surface area contributed by atoms with Crippen molar-refractivity contribution in [3.63, 3.8) is 0 Å². The number of thiophene rings is 1. The molecule has 1 aliphatic carbocycles. The van der Waals surface area contributed by atoms with Crippen LogP contribution in [0.3, 0.4) is 0 Å². The van der Waals surface area contributed by atoms with Crippen molar-refractivity contribution < 1.29 is 4.79 Å². The van der Waals surface area contributed by atoms with E-state index >= 15 is 0 Å². The molecule has 0 spiro atoms. The molecule has 0 radical (unpaired) electrons. The van der Waals surface area contributed by atoms with Crippen LogP contribution in [0.1, 0.15) is 41.8 Å². The van der Waals surface area contributed by atoms with Crippen molar-refractivity contribution in [1.82, 2.24) is 4.90 Å². The molecular formula is C17H22N2OS. The van der Waals surface area contributed by atoms with Crippen LogP contribution >= 0.6 is 11.3 Å². The van der Waals surface area contributed by atoms with Crippen LogP contribution in [0, 0.1) is 5.92 Å². The van der Waals surface area contributed by atoms with Gasteiger partial charge in [0.2, 0.25) is 0 Å². The zero-order chi connectivity index (χ0) is 14.8. The van der Waals surface area contributed by atoms with E-state index < -0.39 is 0 Å². The quantitative estimate of drug-likeness (QED) is 0.866. The van der Waals surface area contributed by atoms with Crippen LogP contribution in [0.25, 0.3) is 10.1 Å². The molecule has 0 bridgehead atoms. The summed E-state index contributed by atoms with van der Waals surface area (Å²) in [7, 11) is 1.93. The van der Waals surface area contributed by atoms with E-state index in [-0.39, 0.29) is 5.91 Å². The first-order valence-corrected chi connectivity index (χ1v) is 8.49. The molecule has 1 aliphatic rings. The van der Waals surface area contributed by atoms with E-state index in [0.29, 0.717) is 5.92 Å². The second kappa shape index (κ2) is 6.06. The number of nitrogens with two attached hydrogens (primary N) is 1. The van der Waals surface area contributed by atoms with Gasteiger partial charge in [-0.1, -0.05) is 19.3 Å². The Morgan fingerprint density at radius 3 is 2.81 bits per heavy atom. The van der Waals surface area contributed by atoms with Gasteiger partial charge in [0.05, 0.1) is 4.88 Å². The van der Waals surface area contributed by atoms with Crippen molar-refractivity contribution in [3.8, 4) is 0 Å². The topological polar surface area (TPSA) is 46.3 Å². The van der Waals surface area contributed by atoms with Crippen molar-refractivity contribution in [1.29, 1.82) is 0 Å². The Bertz CT molecular complexity index is 643. The van der Waals surface area contributed by atoms with Crippen molar-refractivity contribution in [2.45, 2.75) is 32.1 Å². The average molecular weight is 302 g/mol. The van der Waals surface area contributed by atoms with Gasteiger partial charge >= 0.3 is 0 Å². The largest absolute Gasteiger partial charge is 0.399 e. The van der Waals surface area contributed by atoms with E-state index in [1.165, 1.54) is 32.1 Å². The Labute approximate surface area is 129 Å². The first kappa shape index (κ1) is 14.4. The summed E-state index contributed by atoms with van der Waals surface area (Å²) >= 11 is 1.56. The summed E-state index contributed by atoms with van der Waals surface area (Å²) in [5, 5.41) is 1.06. The van der Waals surface area contributed by atoms with Gasteiger partial charge in [0, 0.05) is 24.0 Å². The second-order valence-corrected chi connectivity index (χ2v) is 7.18. The van der Waals surface area contributed by atoms with Crippen molar-refractivity contribution >= 4 is 33.0 Å². The summed E-state index contributed by atoms with van der Waals surface area (Å²) < 4.78 is 1.12. The number of carbonyl (C=O) groups excluding carboxylic acids is 1. The fourth-order valence-corrected chi connectivity index (χ4v) is 4.23. The number of carbonyl (C=O) groups is 1. The molecule has 2 N–H and O–H groups in total. The molecule has 0 aliphatic heterocycles. The fraction of sp³-hybridized carbons (Fsp3) is 0.471. The average Bonchev–Trinajstić information content (AvgIpc) is 2.90. The minimum atomic E-state index is 0.139. The van der Waals surface area contributed by atoms with Crippen LogP contribution < -0.4 is 5.73 Å². The Hall–Kier alpha value is -1.55. The third-order valence-corrected chi connectivity index (χ3v) is 5.46. The molecule has 3 rings (SSSR count). The first-order chi connectivity index (χ1) is 10.1. The number of rotatable bonds is 3. The molecule has 0 atom stereocenters. The van der Waals surface area contributed by atoms with Gasteiger partial charge in [-0.2, -0.15) is 0 Å². The van der Waals surface area contributed by atoms with E-state index in [2.05, 4.69) is 0 Å². The van der Waals surface area contributed by atoms with Crippen LogP contribution in [0.2, 0.25) is 0 Å². The van der Waals surface area contributed by atoms with Gasteiger partial charge in [-0.3, -0.25) is 4.79 Å². The van der Waals surface area contributed by atoms with E-state index in [0.717, 1.165) is 27.2 Å². The molecule has 1 amide bonds. The Kier molecular flexibility index (Phi) is 4.15. The lowest BCUT2D eigenvalue weighted by Gasteiger charge is -2.26. The van der Waals surface area contributed by atoms with Gasteiger partial charge in [-0.05, 0) is 48.4 Å². The van der Waals surface area contributed by atoms with Crippen molar-refractivity contribution in [2.75, 3.05) is 19.3 Å². The van der Waals surface area contributed by atoms with Crippen LogP contribution in [0.5, 0.6) is 0 Å². The monoisotopic (exact) mass is 302 g/mol. The van der Waals surface area contributed by atoms with Gasteiger partial charge in [0.1, 0.15) is 0 Å². The molecule has 3 nitrogen and oxygen atoms in total. The minimum absolute atomic E-state index is 0.139. The highest BCUT2D eigenvalue weighted by Crippen LogP contribution is 2.29. The van der Waals surface area contributed by atoms with Gasteiger partial charge < -0.3 is 10.6 Å². The van der Waals surface area contributed by atoms with Crippen LogP contribution in [0.4, 0.5) is 5.69 Å². The highest BCUT2D eigenvalue weighted by atomic mass is 32.1.